The van der Waals surface area contributed by atoms with Crippen LogP contribution >= 0.6 is 11.8 Å². The van der Waals surface area contributed by atoms with Crippen molar-refractivity contribution in [3.8, 4) is 23.0 Å². The average molecular weight is 421 g/mol. The van der Waals surface area contributed by atoms with Gasteiger partial charge in [0.05, 0.1) is 33.0 Å². The average Bonchev–Trinajstić information content (AvgIpc) is 3.25. The fourth-order valence-electron chi connectivity index (χ4n) is 3.10. The zero-order chi connectivity index (χ0) is 20.8. The summed E-state index contributed by atoms with van der Waals surface area (Å²) in [6, 6.07) is 5.30. The van der Waals surface area contributed by atoms with Gasteiger partial charge in [-0.3, -0.25) is 9.59 Å². The number of nitrogens with zero attached hydrogens (tertiary/aromatic N) is 3. The molecule has 9 nitrogen and oxygen atoms in total. The Bertz CT molecular complexity index is 863. The SMILES string of the molecule is COC(=O)C1CCN(C(=O)CSc2nnc(-c3ccc(OC)c(OC)c3)o2)CC1. The summed E-state index contributed by atoms with van der Waals surface area (Å²) in [4.78, 5) is 25.7. The highest BCUT2D eigenvalue weighted by Crippen LogP contribution is 2.32. The molecule has 0 N–H and O–H groups in total. The van der Waals surface area contributed by atoms with Crippen LogP contribution in [0.1, 0.15) is 12.8 Å². The van der Waals surface area contributed by atoms with Crippen molar-refractivity contribution < 1.29 is 28.2 Å². The van der Waals surface area contributed by atoms with Crippen molar-refractivity contribution >= 4 is 23.6 Å². The number of piperidine rings is 1. The Morgan fingerprint density at radius 2 is 1.86 bits per heavy atom. The summed E-state index contributed by atoms with van der Waals surface area (Å²) in [7, 11) is 4.50. The monoisotopic (exact) mass is 421 g/mol. The second-order valence-electron chi connectivity index (χ2n) is 6.41. The van der Waals surface area contributed by atoms with Gasteiger partial charge < -0.3 is 23.5 Å². The number of thioether (sulfide) groups is 1. The highest BCUT2D eigenvalue weighted by Gasteiger charge is 2.28. The molecule has 10 heteroatoms. The van der Waals surface area contributed by atoms with Crippen LogP contribution in [0, 0.1) is 5.92 Å². The lowest BCUT2D eigenvalue weighted by molar-refractivity contribution is -0.148. The Balaban J connectivity index is 1.54. The molecule has 0 radical (unpaired) electrons. The van der Waals surface area contributed by atoms with Gasteiger partial charge in [0.15, 0.2) is 11.5 Å². The van der Waals surface area contributed by atoms with Gasteiger partial charge in [0.2, 0.25) is 11.8 Å². The standard InChI is InChI=1S/C19H23N3O6S/c1-25-14-5-4-13(10-15(14)26-2)17-20-21-19(28-17)29-11-16(23)22-8-6-12(7-9-22)18(24)27-3/h4-5,10,12H,6-9,11H2,1-3H3. The fraction of sp³-hybridized carbons (Fsp3) is 0.474. The third-order valence-electron chi connectivity index (χ3n) is 4.74. The number of aromatic nitrogens is 2. The van der Waals surface area contributed by atoms with Gasteiger partial charge >= 0.3 is 5.97 Å². The Hall–Kier alpha value is -2.75. The molecule has 0 spiro atoms. The van der Waals surface area contributed by atoms with E-state index >= 15 is 0 Å². The summed E-state index contributed by atoms with van der Waals surface area (Å²) in [5, 5.41) is 8.35. The van der Waals surface area contributed by atoms with Gasteiger partial charge in [-0.05, 0) is 31.0 Å². The Kier molecular flexibility index (Phi) is 6.97. The maximum atomic E-state index is 12.4. The normalized spacial score (nSPS) is 14.5. The van der Waals surface area contributed by atoms with E-state index in [4.69, 9.17) is 18.6 Å². The lowest BCUT2D eigenvalue weighted by Crippen LogP contribution is -2.41. The highest BCUT2D eigenvalue weighted by atomic mass is 32.2. The van der Waals surface area contributed by atoms with Gasteiger partial charge in [-0.1, -0.05) is 11.8 Å². The topological polar surface area (TPSA) is 104 Å². The zero-order valence-electron chi connectivity index (χ0n) is 16.5. The number of methoxy groups -OCH3 is 3. The number of carbonyl (C=O) groups excluding carboxylic acids is 2. The van der Waals surface area contributed by atoms with Crippen molar-refractivity contribution in [2.75, 3.05) is 40.2 Å². The van der Waals surface area contributed by atoms with Crippen molar-refractivity contribution in [2.24, 2.45) is 5.92 Å². The smallest absolute Gasteiger partial charge is 0.308 e. The van der Waals surface area contributed by atoms with Crippen LogP contribution in [-0.4, -0.2) is 67.1 Å². The molecule has 156 valence electrons. The number of benzene rings is 1. The molecular formula is C19H23N3O6S. The molecule has 0 saturated carbocycles. The summed E-state index contributed by atoms with van der Waals surface area (Å²) in [6.07, 6.45) is 1.24. The van der Waals surface area contributed by atoms with Crippen molar-refractivity contribution in [3.05, 3.63) is 18.2 Å². The second kappa shape index (κ2) is 9.64. The molecule has 2 aromatic rings. The third kappa shape index (κ3) is 5.00. The molecule has 1 aromatic heterocycles. The summed E-state index contributed by atoms with van der Waals surface area (Å²) in [6.45, 7) is 1.08. The molecule has 1 fully saturated rings. The van der Waals surface area contributed by atoms with Gasteiger partial charge in [0, 0.05) is 18.7 Å². The molecule has 1 aliphatic heterocycles. The Labute approximate surface area is 172 Å². The molecule has 0 bridgehead atoms. The predicted molar refractivity (Wildman–Crippen MR) is 105 cm³/mol. The van der Waals surface area contributed by atoms with Gasteiger partial charge in [-0.25, -0.2) is 0 Å². The minimum absolute atomic E-state index is 0.0239. The van der Waals surface area contributed by atoms with Crippen molar-refractivity contribution in [1.29, 1.82) is 0 Å². The van der Waals surface area contributed by atoms with Crippen LogP contribution in [0.15, 0.2) is 27.8 Å². The first-order chi connectivity index (χ1) is 14.0. The first-order valence-corrected chi connectivity index (χ1v) is 10.1. The number of hydrogen-bond donors (Lipinski definition) is 0. The molecule has 2 heterocycles. The minimum atomic E-state index is -0.208. The van der Waals surface area contributed by atoms with Crippen molar-refractivity contribution in [2.45, 2.75) is 18.1 Å². The number of amides is 1. The van der Waals surface area contributed by atoms with E-state index in [0.717, 1.165) is 0 Å². The predicted octanol–water partition coefficient (Wildman–Crippen LogP) is 2.26. The molecule has 3 rings (SSSR count). The number of carbonyl (C=O) groups is 2. The molecule has 1 aliphatic rings. The number of likely N-dealkylation sites (tertiary alicyclic amines) is 1. The van der Waals surface area contributed by atoms with Crippen LogP contribution in [0.5, 0.6) is 11.5 Å². The number of rotatable bonds is 7. The maximum absolute atomic E-state index is 12.4. The fourth-order valence-corrected chi connectivity index (χ4v) is 3.77. The molecule has 1 aromatic carbocycles. The zero-order valence-corrected chi connectivity index (χ0v) is 17.4. The molecular weight excluding hydrogens is 398 g/mol. The molecule has 1 amide bonds. The largest absolute Gasteiger partial charge is 0.493 e. The Morgan fingerprint density at radius 1 is 1.14 bits per heavy atom. The summed E-state index contributed by atoms with van der Waals surface area (Å²) in [5.41, 5.74) is 0.693. The van der Waals surface area contributed by atoms with E-state index in [1.165, 1.54) is 18.9 Å². The van der Waals surface area contributed by atoms with Crippen LogP contribution in [0.3, 0.4) is 0 Å². The van der Waals surface area contributed by atoms with Crippen LogP contribution in [0.2, 0.25) is 0 Å². The third-order valence-corrected chi connectivity index (χ3v) is 5.54. The van der Waals surface area contributed by atoms with Crippen molar-refractivity contribution in [3.63, 3.8) is 0 Å². The van der Waals surface area contributed by atoms with Gasteiger partial charge in [-0.2, -0.15) is 0 Å². The number of esters is 1. The molecule has 1 saturated heterocycles. The van der Waals surface area contributed by atoms with E-state index in [2.05, 4.69) is 10.2 Å². The number of ether oxygens (including phenoxy) is 3. The summed E-state index contributed by atoms with van der Waals surface area (Å²) in [5.74, 6) is 1.33. The number of hydrogen-bond acceptors (Lipinski definition) is 9. The van der Waals surface area contributed by atoms with Crippen LogP contribution in [-0.2, 0) is 14.3 Å². The van der Waals surface area contributed by atoms with Gasteiger partial charge in [0.1, 0.15) is 0 Å². The van der Waals surface area contributed by atoms with Crippen LogP contribution in [0.4, 0.5) is 0 Å². The maximum Gasteiger partial charge on any atom is 0.308 e. The first kappa shape index (κ1) is 21.0. The molecule has 0 unspecified atom stereocenters. The summed E-state index contributed by atoms with van der Waals surface area (Å²) >= 11 is 1.19. The van der Waals surface area contributed by atoms with E-state index in [9.17, 15) is 9.59 Å². The summed E-state index contributed by atoms with van der Waals surface area (Å²) < 4.78 is 20.9. The lowest BCUT2D eigenvalue weighted by Gasteiger charge is -2.30. The molecule has 0 atom stereocenters. The highest BCUT2D eigenvalue weighted by molar-refractivity contribution is 7.99. The van der Waals surface area contributed by atoms with Crippen molar-refractivity contribution in [1.82, 2.24) is 15.1 Å². The minimum Gasteiger partial charge on any atom is -0.493 e. The van der Waals surface area contributed by atoms with E-state index in [1.54, 1.807) is 37.3 Å². The van der Waals surface area contributed by atoms with Crippen LogP contribution < -0.4 is 9.47 Å². The Morgan fingerprint density at radius 3 is 2.52 bits per heavy atom. The van der Waals surface area contributed by atoms with Gasteiger partial charge in [-0.15, -0.1) is 10.2 Å². The van der Waals surface area contributed by atoms with E-state index in [0.29, 0.717) is 54.1 Å². The van der Waals surface area contributed by atoms with E-state index in [1.807, 2.05) is 0 Å². The lowest BCUT2D eigenvalue weighted by atomic mass is 9.97. The first-order valence-electron chi connectivity index (χ1n) is 9.10. The second-order valence-corrected chi connectivity index (χ2v) is 7.34. The molecule has 0 aliphatic carbocycles. The van der Waals surface area contributed by atoms with Crippen LogP contribution in [0.25, 0.3) is 11.5 Å². The quantitative estimate of drug-likeness (QED) is 0.492. The molecule has 29 heavy (non-hydrogen) atoms. The van der Waals surface area contributed by atoms with Gasteiger partial charge in [0.25, 0.3) is 5.22 Å². The van der Waals surface area contributed by atoms with E-state index < -0.39 is 0 Å². The van der Waals surface area contributed by atoms with E-state index in [-0.39, 0.29) is 23.5 Å².